The molecule has 0 bridgehead atoms. The first kappa shape index (κ1) is 23.9. The zero-order valence-corrected chi connectivity index (χ0v) is 21.0. The van der Waals surface area contributed by atoms with E-state index in [4.69, 9.17) is 4.98 Å². The Labute approximate surface area is 210 Å². The molecule has 0 unspecified atom stereocenters. The lowest BCUT2D eigenvalue weighted by Gasteiger charge is -2.36. The van der Waals surface area contributed by atoms with Crippen LogP contribution in [-0.2, 0) is 17.8 Å². The van der Waals surface area contributed by atoms with Crippen LogP contribution in [0.4, 0.5) is 10.1 Å². The van der Waals surface area contributed by atoms with Crippen LogP contribution < -0.4 is 4.90 Å². The second-order valence-corrected chi connectivity index (χ2v) is 10.3. The third kappa shape index (κ3) is 6.07. The van der Waals surface area contributed by atoms with Gasteiger partial charge in [0.15, 0.2) is 0 Å². The van der Waals surface area contributed by atoms with Crippen LogP contribution in [0, 0.1) is 5.82 Å². The summed E-state index contributed by atoms with van der Waals surface area (Å²) >= 11 is 1.60. The van der Waals surface area contributed by atoms with Gasteiger partial charge in [-0.1, -0.05) is 24.3 Å². The minimum Gasteiger partial charge on any atom is -0.368 e. The molecule has 2 saturated heterocycles. The molecule has 3 aromatic rings. The fourth-order valence-corrected chi connectivity index (χ4v) is 5.50. The van der Waals surface area contributed by atoms with E-state index in [1.54, 1.807) is 23.5 Å². The summed E-state index contributed by atoms with van der Waals surface area (Å²) in [4.78, 5) is 26.6. The molecule has 2 aliphatic rings. The van der Waals surface area contributed by atoms with E-state index in [-0.39, 0.29) is 11.7 Å². The van der Waals surface area contributed by atoms with Crippen molar-refractivity contribution in [3.8, 4) is 10.6 Å². The molecule has 1 amide bonds. The maximum atomic E-state index is 13.2. The maximum Gasteiger partial charge on any atom is 0.228 e. The zero-order valence-electron chi connectivity index (χ0n) is 20.2. The number of carbonyl (C=O) groups excluding carboxylic acids is 1. The number of benzene rings is 2. The number of likely N-dealkylation sites (N-methyl/N-ethyl adjacent to an activating group) is 1. The summed E-state index contributed by atoms with van der Waals surface area (Å²) in [5, 5.41) is 2.96. The van der Waals surface area contributed by atoms with Gasteiger partial charge in [-0.05, 0) is 36.9 Å². The van der Waals surface area contributed by atoms with Gasteiger partial charge >= 0.3 is 0 Å². The summed E-state index contributed by atoms with van der Waals surface area (Å²) in [5.74, 6) is -0.116. The van der Waals surface area contributed by atoms with Crippen molar-refractivity contribution in [3.05, 3.63) is 71.0 Å². The number of halogens is 1. The number of amides is 1. The smallest absolute Gasteiger partial charge is 0.228 e. The molecule has 1 aromatic heterocycles. The first-order chi connectivity index (χ1) is 17.0. The van der Waals surface area contributed by atoms with Crippen LogP contribution in [-0.4, -0.2) is 85.0 Å². The second kappa shape index (κ2) is 10.8. The number of anilines is 1. The van der Waals surface area contributed by atoms with Crippen molar-refractivity contribution < 1.29 is 9.18 Å². The Morgan fingerprint density at radius 2 is 1.60 bits per heavy atom. The Kier molecular flexibility index (Phi) is 7.41. The summed E-state index contributed by atoms with van der Waals surface area (Å²) in [5.41, 5.74) is 4.25. The van der Waals surface area contributed by atoms with Gasteiger partial charge in [-0.2, -0.15) is 0 Å². The van der Waals surface area contributed by atoms with Gasteiger partial charge in [0.2, 0.25) is 5.91 Å². The molecule has 2 fully saturated rings. The Hall–Kier alpha value is -2.81. The quantitative estimate of drug-likeness (QED) is 0.525. The Morgan fingerprint density at radius 3 is 2.29 bits per heavy atom. The summed E-state index contributed by atoms with van der Waals surface area (Å²) in [6.45, 7) is 8.31. The minimum absolute atomic E-state index is 0.114. The van der Waals surface area contributed by atoms with Crippen molar-refractivity contribution in [2.45, 2.75) is 13.0 Å². The van der Waals surface area contributed by atoms with Gasteiger partial charge < -0.3 is 14.7 Å². The van der Waals surface area contributed by atoms with Crippen molar-refractivity contribution in [1.29, 1.82) is 0 Å². The SMILES string of the molecule is CN1CCN(Cc2ccc(-c3nc(CC(=O)N4CCN(c5ccc(F)cc5)CC4)cs3)cc2)CC1. The number of piperazine rings is 2. The minimum atomic E-state index is -0.230. The first-order valence-corrected chi connectivity index (χ1v) is 13.1. The van der Waals surface area contributed by atoms with Gasteiger partial charge in [-0.15, -0.1) is 11.3 Å². The highest BCUT2D eigenvalue weighted by molar-refractivity contribution is 7.13. The summed E-state index contributed by atoms with van der Waals surface area (Å²) < 4.78 is 13.2. The average molecular weight is 494 g/mol. The van der Waals surface area contributed by atoms with Crippen molar-refractivity contribution in [2.75, 3.05) is 64.3 Å². The van der Waals surface area contributed by atoms with Crippen LogP contribution in [0.5, 0.6) is 0 Å². The molecule has 2 aliphatic heterocycles. The van der Waals surface area contributed by atoms with E-state index in [0.717, 1.165) is 67.8 Å². The number of carbonyl (C=O) groups is 1. The molecule has 8 heteroatoms. The van der Waals surface area contributed by atoms with Crippen LogP contribution in [0.15, 0.2) is 53.9 Å². The van der Waals surface area contributed by atoms with E-state index in [0.29, 0.717) is 19.5 Å². The van der Waals surface area contributed by atoms with E-state index in [9.17, 15) is 9.18 Å². The zero-order chi connectivity index (χ0) is 24.2. The number of hydrogen-bond acceptors (Lipinski definition) is 6. The van der Waals surface area contributed by atoms with Gasteiger partial charge in [-0.25, -0.2) is 9.37 Å². The second-order valence-electron chi connectivity index (χ2n) is 9.44. The predicted molar refractivity (Wildman–Crippen MR) is 139 cm³/mol. The fraction of sp³-hybridized carbons (Fsp3) is 0.407. The first-order valence-electron chi connectivity index (χ1n) is 12.3. The third-order valence-corrected chi connectivity index (χ3v) is 7.85. The molecule has 0 N–H and O–H groups in total. The molecule has 0 radical (unpaired) electrons. The van der Waals surface area contributed by atoms with E-state index in [2.05, 4.69) is 46.0 Å². The van der Waals surface area contributed by atoms with Gasteiger partial charge in [-0.3, -0.25) is 9.69 Å². The van der Waals surface area contributed by atoms with Crippen LogP contribution in [0.25, 0.3) is 10.6 Å². The van der Waals surface area contributed by atoms with E-state index in [1.807, 2.05) is 10.3 Å². The van der Waals surface area contributed by atoms with Crippen LogP contribution in [0.2, 0.25) is 0 Å². The number of aromatic nitrogens is 1. The van der Waals surface area contributed by atoms with Crippen molar-refractivity contribution >= 4 is 22.9 Å². The molecule has 0 atom stereocenters. The Morgan fingerprint density at radius 1 is 0.914 bits per heavy atom. The molecule has 0 spiro atoms. The maximum absolute atomic E-state index is 13.2. The van der Waals surface area contributed by atoms with Gasteiger partial charge in [0.25, 0.3) is 0 Å². The lowest BCUT2D eigenvalue weighted by molar-refractivity contribution is -0.130. The molecular weight excluding hydrogens is 461 g/mol. The highest BCUT2D eigenvalue weighted by Crippen LogP contribution is 2.25. The van der Waals surface area contributed by atoms with Gasteiger partial charge in [0, 0.05) is 75.5 Å². The monoisotopic (exact) mass is 493 g/mol. The standard InChI is InChI=1S/C27H32FN5OS/c1-30-10-12-31(13-11-30)19-21-2-4-22(5-3-21)27-29-24(20-35-27)18-26(34)33-16-14-32(15-17-33)25-8-6-23(28)7-9-25/h2-9,20H,10-19H2,1H3. The number of thiazole rings is 1. The van der Waals surface area contributed by atoms with E-state index in [1.165, 1.54) is 17.7 Å². The van der Waals surface area contributed by atoms with Crippen molar-refractivity contribution in [3.63, 3.8) is 0 Å². The molecule has 3 heterocycles. The molecule has 184 valence electrons. The van der Waals surface area contributed by atoms with Crippen molar-refractivity contribution in [1.82, 2.24) is 19.7 Å². The van der Waals surface area contributed by atoms with Crippen LogP contribution in [0.1, 0.15) is 11.3 Å². The molecule has 2 aromatic carbocycles. The average Bonchev–Trinajstić information content (AvgIpc) is 3.35. The molecule has 35 heavy (non-hydrogen) atoms. The number of rotatable bonds is 6. The summed E-state index contributed by atoms with van der Waals surface area (Å²) in [6.07, 6.45) is 0.328. The molecule has 5 rings (SSSR count). The normalized spacial score (nSPS) is 17.7. The molecular formula is C27H32FN5OS. The van der Waals surface area contributed by atoms with Crippen LogP contribution in [0.3, 0.4) is 0 Å². The topological polar surface area (TPSA) is 42.9 Å². The largest absolute Gasteiger partial charge is 0.368 e. The molecule has 0 saturated carbocycles. The number of hydrogen-bond donors (Lipinski definition) is 0. The van der Waals surface area contributed by atoms with E-state index >= 15 is 0 Å². The summed E-state index contributed by atoms with van der Waals surface area (Å²) in [7, 11) is 2.18. The van der Waals surface area contributed by atoms with Crippen LogP contribution >= 0.6 is 11.3 Å². The lowest BCUT2D eigenvalue weighted by atomic mass is 10.1. The number of nitrogens with zero attached hydrogens (tertiary/aromatic N) is 5. The molecule has 6 nitrogen and oxygen atoms in total. The summed E-state index contributed by atoms with van der Waals surface area (Å²) in [6, 6.07) is 15.2. The van der Waals surface area contributed by atoms with Gasteiger partial charge in [0.1, 0.15) is 10.8 Å². The fourth-order valence-electron chi connectivity index (χ4n) is 4.67. The van der Waals surface area contributed by atoms with Gasteiger partial charge in [0.05, 0.1) is 12.1 Å². The third-order valence-electron chi connectivity index (χ3n) is 6.91. The van der Waals surface area contributed by atoms with Crippen molar-refractivity contribution in [2.24, 2.45) is 0 Å². The highest BCUT2D eigenvalue weighted by atomic mass is 32.1. The lowest BCUT2D eigenvalue weighted by Crippen LogP contribution is -2.49. The Balaban J connectivity index is 1.12. The van der Waals surface area contributed by atoms with E-state index < -0.39 is 0 Å². The predicted octanol–water partition coefficient (Wildman–Crippen LogP) is 3.59. The Bertz CT molecular complexity index is 1120. The molecule has 0 aliphatic carbocycles. The highest BCUT2D eigenvalue weighted by Gasteiger charge is 2.22.